The Labute approximate surface area is 79.7 Å². The lowest BCUT2D eigenvalue weighted by molar-refractivity contribution is -0.130. The van der Waals surface area contributed by atoms with Gasteiger partial charge in [-0.15, -0.1) is 0 Å². The number of amides is 1. The van der Waals surface area contributed by atoms with Gasteiger partial charge in [-0.1, -0.05) is 6.92 Å². The largest absolute Gasteiger partial charge is 0.396 e. The summed E-state index contributed by atoms with van der Waals surface area (Å²) in [5.74, 6) is 0.930. The Bertz CT molecular complexity index is 170. The van der Waals surface area contributed by atoms with Gasteiger partial charge in [-0.05, 0) is 25.2 Å². The fourth-order valence-corrected chi connectivity index (χ4v) is 1.71. The highest BCUT2D eigenvalue weighted by Crippen LogP contribution is 2.16. The molecule has 0 aromatic rings. The zero-order chi connectivity index (χ0) is 9.68. The molecule has 1 rings (SSSR count). The molecule has 76 valence electrons. The minimum absolute atomic E-state index is 0.198. The number of hydrogen-bond donors (Lipinski definition) is 1. The molecule has 1 saturated heterocycles. The van der Waals surface area contributed by atoms with Crippen molar-refractivity contribution in [3.63, 3.8) is 0 Å². The Hall–Kier alpha value is -0.570. The van der Waals surface area contributed by atoms with Gasteiger partial charge in [-0.25, -0.2) is 0 Å². The van der Waals surface area contributed by atoms with Gasteiger partial charge < -0.3 is 10.0 Å². The molecule has 0 aliphatic carbocycles. The molecule has 0 radical (unpaired) electrons. The Balaban J connectivity index is 2.16. The smallest absolute Gasteiger partial charge is 0.222 e. The average Bonchev–Trinajstić information content (AvgIpc) is 2.52. The van der Waals surface area contributed by atoms with Crippen LogP contribution in [0, 0.1) is 5.92 Å². The number of carbonyl (C=O) groups is 1. The number of carbonyl (C=O) groups excluding carboxylic acids is 1. The maximum Gasteiger partial charge on any atom is 0.222 e. The summed E-state index contributed by atoms with van der Waals surface area (Å²) in [7, 11) is 0. The van der Waals surface area contributed by atoms with Gasteiger partial charge in [0.1, 0.15) is 0 Å². The van der Waals surface area contributed by atoms with E-state index in [1.54, 1.807) is 0 Å². The van der Waals surface area contributed by atoms with Crippen molar-refractivity contribution in [2.24, 2.45) is 5.92 Å². The fourth-order valence-electron chi connectivity index (χ4n) is 1.71. The zero-order valence-corrected chi connectivity index (χ0v) is 8.33. The molecular weight excluding hydrogens is 166 g/mol. The van der Waals surface area contributed by atoms with E-state index in [0.717, 1.165) is 32.4 Å². The van der Waals surface area contributed by atoms with Gasteiger partial charge in [0.25, 0.3) is 0 Å². The summed E-state index contributed by atoms with van der Waals surface area (Å²) in [6, 6.07) is 0. The van der Waals surface area contributed by atoms with E-state index in [4.69, 9.17) is 5.11 Å². The monoisotopic (exact) mass is 185 g/mol. The molecule has 3 nitrogen and oxygen atoms in total. The number of likely N-dealkylation sites (tertiary alicyclic amines) is 1. The van der Waals surface area contributed by atoms with Crippen LogP contribution in [-0.4, -0.2) is 35.6 Å². The maximum absolute atomic E-state index is 11.5. The molecule has 0 aromatic heterocycles. The van der Waals surface area contributed by atoms with Crippen molar-refractivity contribution in [1.82, 2.24) is 4.90 Å². The first-order chi connectivity index (χ1) is 6.24. The summed E-state index contributed by atoms with van der Waals surface area (Å²) in [4.78, 5) is 13.5. The molecule has 1 fully saturated rings. The highest BCUT2D eigenvalue weighted by atomic mass is 16.3. The molecule has 1 atom stereocenters. The predicted octanol–water partition coefficient (Wildman–Crippen LogP) is 1.02. The first-order valence-corrected chi connectivity index (χ1v) is 5.12. The van der Waals surface area contributed by atoms with E-state index >= 15 is 0 Å². The van der Waals surface area contributed by atoms with Crippen LogP contribution in [0.2, 0.25) is 0 Å². The van der Waals surface area contributed by atoms with Gasteiger partial charge in [0.2, 0.25) is 5.91 Å². The van der Waals surface area contributed by atoms with Crippen LogP contribution in [0.15, 0.2) is 0 Å². The van der Waals surface area contributed by atoms with Crippen LogP contribution in [0.5, 0.6) is 0 Å². The van der Waals surface area contributed by atoms with Gasteiger partial charge in [-0.2, -0.15) is 0 Å². The SMILES string of the molecule is CC1CCN(C(=O)CCCCO)C1. The van der Waals surface area contributed by atoms with E-state index in [1.807, 2.05) is 4.90 Å². The van der Waals surface area contributed by atoms with Crippen LogP contribution in [0.3, 0.4) is 0 Å². The first kappa shape index (κ1) is 10.5. The molecule has 3 heteroatoms. The van der Waals surface area contributed by atoms with Gasteiger partial charge >= 0.3 is 0 Å². The Kier molecular flexibility index (Phi) is 4.22. The van der Waals surface area contributed by atoms with E-state index in [2.05, 4.69) is 6.92 Å². The van der Waals surface area contributed by atoms with Gasteiger partial charge in [0.05, 0.1) is 0 Å². The molecule has 1 unspecified atom stereocenters. The van der Waals surface area contributed by atoms with Crippen molar-refractivity contribution < 1.29 is 9.90 Å². The molecule has 0 saturated carbocycles. The van der Waals surface area contributed by atoms with Gasteiger partial charge in [0, 0.05) is 26.1 Å². The van der Waals surface area contributed by atoms with E-state index in [1.165, 1.54) is 0 Å². The summed E-state index contributed by atoms with van der Waals surface area (Å²) in [5.41, 5.74) is 0. The fraction of sp³-hybridized carbons (Fsp3) is 0.900. The van der Waals surface area contributed by atoms with Gasteiger partial charge in [-0.3, -0.25) is 4.79 Å². The molecule has 1 amide bonds. The van der Waals surface area contributed by atoms with Crippen LogP contribution >= 0.6 is 0 Å². The van der Waals surface area contributed by atoms with Crippen LogP contribution in [0.1, 0.15) is 32.6 Å². The van der Waals surface area contributed by atoms with Crippen molar-refractivity contribution in [2.45, 2.75) is 32.6 Å². The molecule has 1 heterocycles. The van der Waals surface area contributed by atoms with Crippen molar-refractivity contribution >= 4 is 5.91 Å². The average molecular weight is 185 g/mol. The normalized spacial score (nSPS) is 22.3. The Morgan fingerprint density at radius 3 is 2.85 bits per heavy atom. The molecule has 0 bridgehead atoms. The van der Waals surface area contributed by atoms with E-state index in [-0.39, 0.29) is 12.5 Å². The van der Waals surface area contributed by atoms with E-state index in [0.29, 0.717) is 12.3 Å². The highest BCUT2D eigenvalue weighted by Gasteiger charge is 2.22. The molecule has 1 aliphatic rings. The Morgan fingerprint density at radius 1 is 1.54 bits per heavy atom. The van der Waals surface area contributed by atoms with Crippen LogP contribution in [0.25, 0.3) is 0 Å². The summed E-state index contributed by atoms with van der Waals surface area (Å²) < 4.78 is 0. The molecule has 0 spiro atoms. The lowest BCUT2D eigenvalue weighted by Gasteiger charge is -2.15. The first-order valence-electron chi connectivity index (χ1n) is 5.12. The predicted molar refractivity (Wildman–Crippen MR) is 51.3 cm³/mol. The molecule has 13 heavy (non-hydrogen) atoms. The van der Waals surface area contributed by atoms with Crippen molar-refractivity contribution in [3.05, 3.63) is 0 Å². The summed E-state index contributed by atoms with van der Waals surface area (Å²) in [5, 5.41) is 8.56. The zero-order valence-electron chi connectivity index (χ0n) is 8.33. The molecule has 0 aromatic carbocycles. The second kappa shape index (κ2) is 5.22. The number of nitrogens with zero attached hydrogens (tertiary/aromatic N) is 1. The second-order valence-corrected chi connectivity index (χ2v) is 3.91. The summed E-state index contributed by atoms with van der Waals surface area (Å²) in [6.45, 7) is 4.24. The van der Waals surface area contributed by atoms with Crippen molar-refractivity contribution in [2.75, 3.05) is 19.7 Å². The van der Waals surface area contributed by atoms with Crippen molar-refractivity contribution in [1.29, 1.82) is 0 Å². The van der Waals surface area contributed by atoms with Crippen LogP contribution < -0.4 is 0 Å². The highest BCUT2D eigenvalue weighted by molar-refractivity contribution is 5.76. The van der Waals surface area contributed by atoms with Crippen molar-refractivity contribution in [3.8, 4) is 0 Å². The number of aliphatic hydroxyl groups excluding tert-OH is 1. The molecule has 1 N–H and O–H groups in total. The maximum atomic E-state index is 11.5. The third-order valence-corrected chi connectivity index (χ3v) is 2.58. The van der Waals surface area contributed by atoms with E-state index in [9.17, 15) is 4.79 Å². The number of unbranched alkanes of at least 4 members (excludes halogenated alkanes) is 1. The van der Waals surface area contributed by atoms with Crippen LogP contribution in [-0.2, 0) is 4.79 Å². The lowest BCUT2D eigenvalue weighted by Crippen LogP contribution is -2.28. The van der Waals surface area contributed by atoms with E-state index < -0.39 is 0 Å². The quantitative estimate of drug-likeness (QED) is 0.664. The summed E-state index contributed by atoms with van der Waals surface area (Å²) >= 11 is 0. The number of hydrogen-bond acceptors (Lipinski definition) is 2. The molecular formula is C10H19NO2. The number of aliphatic hydroxyl groups is 1. The molecule has 1 aliphatic heterocycles. The standard InChI is InChI=1S/C10H19NO2/c1-9-5-6-11(8-9)10(13)4-2-3-7-12/h9,12H,2-8H2,1H3. The second-order valence-electron chi connectivity index (χ2n) is 3.91. The lowest BCUT2D eigenvalue weighted by atomic mass is 10.2. The van der Waals surface area contributed by atoms with Crippen LogP contribution in [0.4, 0.5) is 0 Å². The minimum atomic E-state index is 0.198. The minimum Gasteiger partial charge on any atom is -0.396 e. The Morgan fingerprint density at radius 2 is 2.31 bits per heavy atom. The topological polar surface area (TPSA) is 40.5 Å². The third-order valence-electron chi connectivity index (χ3n) is 2.58. The number of rotatable bonds is 4. The summed E-state index contributed by atoms with van der Waals surface area (Å²) in [6.07, 6.45) is 3.31. The third kappa shape index (κ3) is 3.35. The van der Waals surface area contributed by atoms with Gasteiger partial charge in [0.15, 0.2) is 0 Å².